The van der Waals surface area contributed by atoms with Gasteiger partial charge in [0.1, 0.15) is 6.04 Å². The van der Waals surface area contributed by atoms with E-state index >= 15 is 0 Å². The van der Waals surface area contributed by atoms with Crippen LogP contribution in [0.2, 0.25) is 0 Å². The van der Waals surface area contributed by atoms with Gasteiger partial charge in [0.2, 0.25) is 11.8 Å². The van der Waals surface area contributed by atoms with Gasteiger partial charge < -0.3 is 20.9 Å². The third-order valence-electron chi connectivity index (χ3n) is 7.58. The highest BCUT2D eigenvalue weighted by atomic mass is 16.2. The van der Waals surface area contributed by atoms with Crippen molar-refractivity contribution in [3.63, 3.8) is 0 Å². The van der Waals surface area contributed by atoms with Crippen LogP contribution in [0.25, 0.3) is 0 Å². The van der Waals surface area contributed by atoms with E-state index in [2.05, 4.69) is 33.4 Å². The first kappa shape index (κ1) is 25.0. The summed E-state index contributed by atoms with van der Waals surface area (Å²) >= 11 is 0. The van der Waals surface area contributed by atoms with Gasteiger partial charge in [0.15, 0.2) is 0 Å². The smallest absolute Gasteiger partial charge is 0.319 e. The molecular weight excluding hydrogens is 470 g/mol. The second kappa shape index (κ2) is 9.97. The molecule has 3 aliphatic heterocycles. The van der Waals surface area contributed by atoms with Crippen LogP contribution in [-0.4, -0.2) is 47.8 Å². The van der Waals surface area contributed by atoms with E-state index in [4.69, 9.17) is 0 Å². The molecule has 9 nitrogen and oxygen atoms in total. The first-order valence-electron chi connectivity index (χ1n) is 12.9. The fourth-order valence-electron chi connectivity index (χ4n) is 5.49. The average Bonchev–Trinajstić information content (AvgIpc) is 3.19. The van der Waals surface area contributed by atoms with Gasteiger partial charge in [0.25, 0.3) is 5.91 Å². The fraction of sp³-hybridized carbons (Fsp3) is 0.429. The van der Waals surface area contributed by atoms with Crippen LogP contribution in [-0.2, 0) is 21.7 Å². The lowest BCUT2D eigenvalue weighted by Gasteiger charge is -2.29. The third kappa shape index (κ3) is 5.22. The summed E-state index contributed by atoms with van der Waals surface area (Å²) in [5.74, 6) is -0.522. The molecule has 2 fully saturated rings. The maximum Gasteiger partial charge on any atom is 0.319 e. The maximum absolute atomic E-state index is 12.9. The summed E-state index contributed by atoms with van der Waals surface area (Å²) in [7, 11) is 0. The Labute approximate surface area is 216 Å². The van der Waals surface area contributed by atoms with Gasteiger partial charge in [-0.1, -0.05) is 24.3 Å². The Morgan fingerprint density at radius 3 is 2.68 bits per heavy atom. The molecule has 0 saturated carbocycles. The molecule has 5 amide bonds. The van der Waals surface area contributed by atoms with Crippen molar-refractivity contribution in [2.24, 2.45) is 0 Å². The number of hydrogen-bond acceptors (Lipinski definition) is 5. The summed E-state index contributed by atoms with van der Waals surface area (Å²) < 4.78 is 0. The number of fused-ring (bicyclic) bond motifs is 1. The van der Waals surface area contributed by atoms with Crippen molar-refractivity contribution in [2.45, 2.75) is 63.6 Å². The molecular formula is C28H33N5O4. The number of hydrogen-bond donors (Lipinski definition) is 4. The van der Waals surface area contributed by atoms with Gasteiger partial charge >= 0.3 is 6.03 Å². The summed E-state index contributed by atoms with van der Waals surface area (Å²) in [4.78, 5) is 51.1. The Morgan fingerprint density at radius 2 is 1.92 bits per heavy atom. The van der Waals surface area contributed by atoms with E-state index in [0.717, 1.165) is 37.1 Å². The Kier molecular flexibility index (Phi) is 6.72. The van der Waals surface area contributed by atoms with Gasteiger partial charge in [0, 0.05) is 30.8 Å². The number of carbonyl (C=O) groups excluding carboxylic acids is 4. The number of carbonyl (C=O) groups is 4. The van der Waals surface area contributed by atoms with Crippen molar-refractivity contribution in [1.29, 1.82) is 0 Å². The second-order valence-corrected chi connectivity index (χ2v) is 10.6. The quantitative estimate of drug-likeness (QED) is 0.468. The van der Waals surface area contributed by atoms with Gasteiger partial charge in [-0.15, -0.1) is 0 Å². The molecule has 2 aromatic carbocycles. The highest BCUT2D eigenvalue weighted by Crippen LogP contribution is 2.30. The molecule has 0 radical (unpaired) electrons. The largest absolute Gasteiger partial charge is 0.329 e. The lowest BCUT2D eigenvalue weighted by atomic mass is 9.87. The maximum atomic E-state index is 12.9. The number of urea groups is 1. The van der Waals surface area contributed by atoms with Crippen LogP contribution in [0, 0.1) is 0 Å². The first-order chi connectivity index (χ1) is 17.7. The van der Waals surface area contributed by atoms with Crippen LogP contribution in [0.5, 0.6) is 0 Å². The monoisotopic (exact) mass is 503 g/mol. The van der Waals surface area contributed by atoms with Crippen molar-refractivity contribution < 1.29 is 19.2 Å². The molecule has 2 atom stereocenters. The lowest BCUT2D eigenvalue weighted by Crippen LogP contribution is -2.52. The van der Waals surface area contributed by atoms with Crippen molar-refractivity contribution in [3.8, 4) is 0 Å². The van der Waals surface area contributed by atoms with Crippen LogP contribution in [0.4, 0.5) is 10.5 Å². The van der Waals surface area contributed by atoms with Gasteiger partial charge in [-0.25, -0.2) is 4.79 Å². The number of nitrogens with zero attached hydrogens (tertiary/aromatic N) is 1. The normalized spacial score (nSPS) is 21.9. The van der Waals surface area contributed by atoms with E-state index in [1.165, 1.54) is 10.5 Å². The molecule has 4 N–H and O–H groups in total. The van der Waals surface area contributed by atoms with Gasteiger partial charge in [-0.3, -0.25) is 19.7 Å². The molecule has 2 saturated heterocycles. The van der Waals surface area contributed by atoms with E-state index in [1.54, 1.807) is 18.2 Å². The van der Waals surface area contributed by atoms with Crippen LogP contribution in [0.1, 0.15) is 72.5 Å². The molecule has 0 spiro atoms. The average molecular weight is 504 g/mol. The Balaban J connectivity index is 1.24. The molecule has 9 heteroatoms. The topological polar surface area (TPSA) is 120 Å². The molecule has 2 unspecified atom stereocenters. The third-order valence-corrected chi connectivity index (χ3v) is 7.58. The fourth-order valence-corrected chi connectivity index (χ4v) is 5.49. The minimum Gasteiger partial charge on any atom is -0.329 e. The van der Waals surface area contributed by atoms with Crippen molar-refractivity contribution >= 4 is 29.4 Å². The van der Waals surface area contributed by atoms with Crippen molar-refractivity contribution in [1.82, 2.24) is 20.9 Å². The molecule has 194 valence electrons. The predicted molar refractivity (Wildman–Crippen MR) is 139 cm³/mol. The lowest BCUT2D eigenvalue weighted by molar-refractivity contribution is -0.136. The second-order valence-electron chi connectivity index (χ2n) is 10.6. The molecule has 0 bridgehead atoms. The van der Waals surface area contributed by atoms with Crippen molar-refractivity contribution in [2.75, 3.05) is 18.4 Å². The van der Waals surface area contributed by atoms with Gasteiger partial charge in [-0.05, 0) is 80.5 Å². The number of benzene rings is 2. The van der Waals surface area contributed by atoms with Crippen LogP contribution < -0.4 is 21.3 Å². The number of rotatable bonds is 5. The Hall–Kier alpha value is -3.72. The van der Waals surface area contributed by atoms with Gasteiger partial charge in [-0.2, -0.15) is 0 Å². The van der Waals surface area contributed by atoms with E-state index < -0.39 is 17.5 Å². The molecule has 0 aliphatic carbocycles. The summed E-state index contributed by atoms with van der Waals surface area (Å²) in [5.41, 5.74) is 3.52. The molecule has 3 aliphatic rings. The Bertz CT molecular complexity index is 1250. The molecule has 5 rings (SSSR count). The van der Waals surface area contributed by atoms with Crippen molar-refractivity contribution in [3.05, 3.63) is 64.7 Å². The zero-order valence-corrected chi connectivity index (χ0v) is 21.2. The first-order valence-corrected chi connectivity index (χ1v) is 12.9. The number of piperidine rings is 2. The summed E-state index contributed by atoms with van der Waals surface area (Å²) in [5, 5.41) is 11.7. The summed E-state index contributed by atoms with van der Waals surface area (Å²) in [6.45, 7) is 6.24. The zero-order valence-electron chi connectivity index (χ0n) is 21.2. The SMILES string of the molecule is CC(C)(NC(=O)Nc1ccc2c(c1)CN(C1CCC(=O)NC1=O)C2=O)c1cccc(C2CCCNC2)c1. The highest BCUT2D eigenvalue weighted by Gasteiger charge is 2.39. The van der Waals surface area contributed by atoms with E-state index in [1.807, 2.05) is 26.0 Å². The molecule has 37 heavy (non-hydrogen) atoms. The molecule has 2 aromatic rings. The van der Waals surface area contributed by atoms with E-state index in [9.17, 15) is 19.2 Å². The summed E-state index contributed by atoms with van der Waals surface area (Å²) in [6, 6.07) is 12.5. The standard InChI is InChI=1S/C28H33N5O4/c1-28(2,20-7-3-5-17(13-20)18-6-4-12-29-15-18)32-27(37)30-21-8-9-22-19(14-21)16-33(26(22)36)23-10-11-24(34)31-25(23)35/h3,5,7-9,13-14,18,23,29H,4,6,10-12,15-16H2,1-2H3,(H2,30,32,37)(H,31,34,35). The predicted octanol–water partition coefficient (Wildman–Crippen LogP) is 2.97. The Morgan fingerprint density at radius 1 is 1.08 bits per heavy atom. The number of anilines is 1. The number of imide groups is 1. The zero-order chi connectivity index (χ0) is 26.2. The van der Waals surface area contributed by atoms with E-state index in [-0.39, 0.29) is 30.8 Å². The van der Waals surface area contributed by atoms with Crippen LogP contribution >= 0.6 is 0 Å². The molecule has 3 heterocycles. The van der Waals surface area contributed by atoms with Gasteiger partial charge in [0.05, 0.1) is 5.54 Å². The summed E-state index contributed by atoms with van der Waals surface area (Å²) in [6.07, 6.45) is 2.84. The van der Waals surface area contributed by atoms with Crippen LogP contribution in [0.15, 0.2) is 42.5 Å². The van der Waals surface area contributed by atoms with Crippen LogP contribution in [0.3, 0.4) is 0 Å². The molecule has 0 aromatic heterocycles. The van der Waals surface area contributed by atoms with E-state index in [0.29, 0.717) is 23.6 Å². The number of amides is 5. The highest BCUT2D eigenvalue weighted by molar-refractivity contribution is 6.05. The minimum absolute atomic E-state index is 0.208. The number of nitrogens with one attached hydrogen (secondary N) is 4. The minimum atomic E-state index is -0.668.